The molecule has 114 valence electrons. The number of rotatable bonds is 5. The summed E-state index contributed by atoms with van der Waals surface area (Å²) in [5, 5.41) is 9.02. The van der Waals surface area contributed by atoms with E-state index in [1.165, 1.54) is 4.88 Å². The summed E-state index contributed by atoms with van der Waals surface area (Å²) >= 11 is 1.70. The summed E-state index contributed by atoms with van der Waals surface area (Å²) in [5.41, 5.74) is 7.64. The third kappa shape index (κ3) is 3.26. The van der Waals surface area contributed by atoms with Gasteiger partial charge in [0, 0.05) is 24.4 Å². The summed E-state index contributed by atoms with van der Waals surface area (Å²) in [4.78, 5) is 15.5. The van der Waals surface area contributed by atoms with Gasteiger partial charge >= 0.3 is 0 Å². The minimum absolute atomic E-state index is 0.0924. The van der Waals surface area contributed by atoms with Crippen molar-refractivity contribution in [3.8, 4) is 0 Å². The molecule has 0 aliphatic rings. The summed E-state index contributed by atoms with van der Waals surface area (Å²) < 4.78 is 0. The molecule has 0 aromatic carbocycles. The quantitative estimate of drug-likeness (QED) is 0.892. The summed E-state index contributed by atoms with van der Waals surface area (Å²) in [6, 6.07) is 4.20. The van der Waals surface area contributed by atoms with Crippen molar-refractivity contribution in [2.45, 2.75) is 39.2 Å². The molecule has 0 saturated carbocycles. The number of thiophene rings is 1. The largest absolute Gasteiger partial charge is 0.395 e. The molecule has 2 aromatic rings. The molecule has 1 amide bonds. The van der Waals surface area contributed by atoms with Crippen LogP contribution in [-0.2, 0) is 6.42 Å². The van der Waals surface area contributed by atoms with Crippen molar-refractivity contribution >= 4 is 22.9 Å². The number of likely N-dealkylation sites (N-methyl/N-ethyl adjacent to an activating group) is 1. The molecule has 2 aromatic heterocycles. The predicted octanol–water partition coefficient (Wildman–Crippen LogP) is 2.88. The van der Waals surface area contributed by atoms with Gasteiger partial charge in [0.2, 0.25) is 0 Å². The Morgan fingerprint density at radius 3 is 2.71 bits per heavy atom. The molecule has 1 unspecified atom stereocenters. The van der Waals surface area contributed by atoms with Gasteiger partial charge < -0.3 is 10.6 Å². The average Bonchev–Trinajstić information content (AvgIpc) is 3.06. The number of aromatic amines is 1. The molecule has 0 saturated heterocycles. The first-order valence-corrected chi connectivity index (χ1v) is 7.93. The lowest BCUT2D eigenvalue weighted by Gasteiger charge is -2.24. The third-order valence-electron chi connectivity index (χ3n) is 3.67. The number of nitrogens with zero attached hydrogens (tertiary/aromatic N) is 2. The second-order valence-electron chi connectivity index (χ2n) is 5.60. The molecule has 0 fully saturated rings. The number of nitrogen functional groups attached to an aromatic ring is 1. The molecule has 2 heterocycles. The van der Waals surface area contributed by atoms with Crippen molar-refractivity contribution in [1.29, 1.82) is 0 Å². The van der Waals surface area contributed by atoms with E-state index in [0.29, 0.717) is 11.4 Å². The normalized spacial score (nSPS) is 12.6. The first kappa shape index (κ1) is 15.6. The Morgan fingerprint density at radius 1 is 1.48 bits per heavy atom. The zero-order valence-corrected chi connectivity index (χ0v) is 13.7. The zero-order valence-electron chi connectivity index (χ0n) is 12.9. The second kappa shape index (κ2) is 6.30. The molecule has 0 spiro atoms. The Bertz CT molecular complexity index is 603. The number of hydrogen-bond donors (Lipinski definition) is 2. The highest BCUT2D eigenvalue weighted by molar-refractivity contribution is 7.09. The minimum atomic E-state index is -0.139. The topological polar surface area (TPSA) is 75.0 Å². The monoisotopic (exact) mass is 306 g/mol. The summed E-state index contributed by atoms with van der Waals surface area (Å²) in [6.07, 6.45) is 0.835. The van der Waals surface area contributed by atoms with Gasteiger partial charge in [-0.25, -0.2) is 0 Å². The molecule has 21 heavy (non-hydrogen) atoms. The van der Waals surface area contributed by atoms with Crippen molar-refractivity contribution in [3.63, 3.8) is 0 Å². The van der Waals surface area contributed by atoms with Crippen molar-refractivity contribution in [2.24, 2.45) is 0 Å². The molecular weight excluding hydrogens is 284 g/mol. The lowest BCUT2D eigenvalue weighted by atomic mass is 10.1. The first-order valence-electron chi connectivity index (χ1n) is 7.05. The first-order chi connectivity index (χ1) is 9.91. The van der Waals surface area contributed by atoms with E-state index in [1.54, 1.807) is 23.3 Å². The van der Waals surface area contributed by atoms with Crippen LogP contribution >= 0.6 is 11.3 Å². The molecule has 5 nitrogen and oxygen atoms in total. The standard InChI is InChI=1S/C15H22N4OS/c1-9(2)13-12(16)14(18-17-13)15(20)19(4)10(3)8-11-6-5-7-21-11/h5-7,9-10H,8,16H2,1-4H3,(H,17,18). The van der Waals surface area contributed by atoms with Gasteiger partial charge in [0.05, 0.1) is 11.4 Å². The number of carbonyl (C=O) groups excluding carboxylic acids is 1. The molecular formula is C15H22N4OS. The van der Waals surface area contributed by atoms with Crippen LogP contribution in [0.4, 0.5) is 5.69 Å². The van der Waals surface area contributed by atoms with Gasteiger partial charge in [-0.3, -0.25) is 9.89 Å². The number of nitrogens with two attached hydrogens (primary N) is 1. The fourth-order valence-corrected chi connectivity index (χ4v) is 3.02. The Hall–Kier alpha value is -1.82. The van der Waals surface area contributed by atoms with Gasteiger partial charge in [-0.1, -0.05) is 19.9 Å². The predicted molar refractivity (Wildman–Crippen MR) is 86.7 cm³/mol. The lowest BCUT2D eigenvalue weighted by Crippen LogP contribution is -2.36. The van der Waals surface area contributed by atoms with E-state index in [2.05, 4.69) is 16.3 Å². The molecule has 2 rings (SSSR count). The van der Waals surface area contributed by atoms with Crippen LogP contribution in [0, 0.1) is 0 Å². The average molecular weight is 306 g/mol. The van der Waals surface area contributed by atoms with E-state index in [4.69, 9.17) is 5.73 Å². The van der Waals surface area contributed by atoms with Gasteiger partial charge in [-0.2, -0.15) is 5.10 Å². The van der Waals surface area contributed by atoms with Crippen LogP contribution in [0.25, 0.3) is 0 Å². The van der Waals surface area contributed by atoms with Crippen molar-refractivity contribution in [2.75, 3.05) is 12.8 Å². The summed E-state index contributed by atoms with van der Waals surface area (Å²) in [6.45, 7) is 6.06. The SMILES string of the molecule is CC(C)c1[nH]nc(C(=O)N(C)C(C)Cc2cccs2)c1N. The highest BCUT2D eigenvalue weighted by Crippen LogP contribution is 2.23. The van der Waals surface area contributed by atoms with E-state index < -0.39 is 0 Å². The van der Waals surface area contributed by atoms with E-state index in [9.17, 15) is 4.79 Å². The second-order valence-corrected chi connectivity index (χ2v) is 6.64. The van der Waals surface area contributed by atoms with Crippen molar-refractivity contribution < 1.29 is 4.79 Å². The maximum Gasteiger partial charge on any atom is 0.276 e. The van der Waals surface area contributed by atoms with E-state index >= 15 is 0 Å². The van der Waals surface area contributed by atoms with Gasteiger partial charge in [0.1, 0.15) is 0 Å². The number of amides is 1. The molecule has 0 aliphatic carbocycles. The summed E-state index contributed by atoms with van der Waals surface area (Å²) in [7, 11) is 1.80. The lowest BCUT2D eigenvalue weighted by molar-refractivity contribution is 0.0739. The van der Waals surface area contributed by atoms with Gasteiger partial charge in [-0.15, -0.1) is 11.3 Å². The molecule has 6 heteroatoms. The number of anilines is 1. The van der Waals surface area contributed by atoms with Crippen LogP contribution in [0.1, 0.15) is 47.7 Å². The van der Waals surface area contributed by atoms with Crippen molar-refractivity contribution in [3.05, 3.63) is 33.8 Å². The highest BCUT2D eigenvalue weighted by Gasteiger charge is 2.24. The van der Waals surface area contributed by atoms with E-state index in [0.717, 1.165) is 12.1 Å². The molecule has 3 N–H and O–H groups in total. The van der Waals surface area contributed by atoms with Crippen LogP contribution in [0.3, 0.4) is 0 Å². The van der Waals surface area contributed by atoms with Gasteiger partial charge in [0.25, 0.3) is 5.91 Å². The van der Waals surface area contributed by atoms with Crippen molar-refractivity contribution in [1.82, 2.24) is 15.1 Å². The van der Waals surface area contributed by atoms with E-state index in [1.807, 2.05) is 32.2 Å². The number of carbonyl (C=O) groups is 1. The Balaban J connectivity index is 2.11. The number of hydrogen-bond acceptors (Lipinski definition) is 4. The maximum absolute atomic E-state index is 12.5. The zero-order chi connectivity index (χ0) is 15.6. The van der Waals surface area contributed by atoms with Crippen LogP contribution in [0.2, 0.25) is 0 Å². The fraction of sp³-hybridized carbons (Fsp3) is 0.467. The van der Waals surface area contributed by atoms with Gasteiger partial charge in [0.15, 0.2) is 5.69 Å². The maximum atomic E-state index is 12.5. The fourth-order valence-electron chi connectivity index (χ4n) is 2.19. The summed E-state index contributed by atoms with van der Waals surface area (Å²) in [5.74, 6) is 0.0765. The van der Waals surface area contributed by atoms with Crippen LogP contribution in [0.15, 0.2) is 17.5 Å². The molecule has 0 bridgehead atoms. The Labute approximate surface area is 129 Å². The molecule has 0 aliphatic heterocycles. The minimum Gasteiger partial charge on any atom is -0.395 e. The number of nitrogens with one attached hydrogen (secondary N) is 1. The number of aromatic nitrogens is 2. The Morgan fingerprint density at radius 2 is 2.19 bits per heavy atom. The van der Waals surface area contributed by atoms with E-state index in [-0.39, 0.29) is 17.9 Å². The van der Waals surface area contributed by atoms with Crippen LogP contribution in [-0.4, -0.2) is 34.1 Å². The highest BCUT2D eigenvalue weighted by atomic mass is 32.1. The third-order valence-corrected chi connectivity index (χ3v) is 4.57. The number of H-pyrrole nitrogens is 1. The van der Waals surface area contributed by atoms with Crippen LogP contribution in [0.5, 0.6) is 0 Å². The van der Waals surface area contributed by atoms with Gasteiger partial charge in [-0.05, 0) is 24.3 Å². The Kier molecular flexibility index (Phi) is 4.67. The molecule has 0 radical (unpaired) electrons. The van der Waals surface area contributed by atoms with Crippen LogP contribution < -0.4 is 5.73 Å². The smallest absolute Gasteiger partial charge is 0.276 e. The molecule has 1 atom stereocenters.